The van der Waals surface area contributed by atoms with Crippen molar-refractivity contribution >= 4 is 10.9 Å². The van der Waals surface area contributed by atoms with Crippen molar-refractivity contribution < 1.29 is 5.11 Å². The number of pyridine rings is 1. The molecule has 0 unspecified atom stereocenters. The van der Waals surface area contributed by atoms with Crippen molar-refractivity contribution in [3.63, 3.8) is 0 Å². The lowest BCUT2D eigenvalue weighted by molar-refractivity contribution is 0.249. The molecule has 1 fully saturated rings. The number of phenolic OH excluding ortho intramolecular Hbond substituents is 1. The van der Waals surface area contributed by atoms with Crippen LogP contribution in [-0.4, -0.2) is 45.3 Å². The number of nitrogens with zero attached hydrogens (tertiary/aromatic N) is 4. The summed E-state index contributed by atoms with van der Waals surface area (Å²) in [5.41, 5.74) is 1.99. The van der Waals surface area contributed by atoms with Gasteiger partial charge in [-0.15, -0.1) is 0 Å². The highest BCUT2D eigenvalue weighted by Gasteiger charge is 2.23. The molecule has 0 amide bonds. The number of hydrogen-bond donors (Lipinski definition) is 2. The summed E-state index contributed by atoms with van der Waals surface area (Å²) in [5, 5.41) is 26.9. The van der Waals surface area contributed by atoms with E-state index in [2.05, 4.69) is 27.1 Å². The van der Waals surface area contributed by atoms with Gasteiger partial charge in [-0.1, -0.05) is 0 Å². The predicted octanol–water partition coefficient (Wildman–Crippen LogP) is 2.37. The van der Waals surface area contributed by atoms with Crippen LogP contribution >= 0.6 is 0 Å². The molecule has 2 N–H and O–H groups in total. The Morgan fingerprint density at radius 1 is 1.37 bits per heavy atom. The molecule has 7 nitrogen and oxygen atoms in total. The molecule has 1 aromatic carbocycles. The first-order chi connectivity index (χ1) is 13.1. The molecule has 0 saturated carbocycles. The highest BCUT2D eigenvalue weighted by Crippen LogP contribution is 2.30. The number of likely N-dealkylation sites (N-methyl/N-ethyl adjacent to an activating group) is 1. The van der Waals surface area contributed by atoms with E-state index in [4.69, 9.17) is 5.26 Å². The SMILES string of the molecule is CN1CCC[C@@H](c2nccc3c(=O)c(-c4ccc(C#N)cc4O)n[nH]c23)C1. The van der Waals surface area contributed by atoms with E-state index in [-0.39, 0.29) is 22.8 Å². The molecular weight excluding hydrogens is 342 g/mol. The molecule has 27 heavy (non-hydrogen) atoms. The Morgan fingerprint density at radius 3 is 2.96 bits per heavy atom. The highest BCUT2D eigenvalue weighted by molar-refractivity contribution is 5.84. The first-order valence-corrected chi connectivity index (χ1v) is 8.88. The van der Waals surface area contributed by atoms with Gasteiger partial charge in [-0.05, 0) is 50.7 Å². The summed E-state index contributed by atoms with van der Waals surface area (Å²) in [6, 6.07) is 8.06. The van der Waals surface area contributed by atoms with Gasteiger partial charge in [-0.3, -0.25) is 14.9 Å². The average Bonchev–Trinajstić information content (AvgIpc) is 2.68. The molecule has 7 heteroatoms. The van der Waals surface area contributed by atoms with Crippen molar-refractivity contribution in [1.29, 1.82) is 5.26 Å². The molecule has 0 aliphatic carbocycles. The van der Waals surface area contributed by atoms with Gasteiger partial charge in [0.05, 0.1) is 28.2 Å². The molecule has 1 aliphatic rings. The van der Waals surface area contributed by atoms with Gasteiger partial charge in [-0.2, -0.15) is 10.4 Å². The Bertz CT molecular complexity index is 1120. The topological polar surface area (TPSA) is 106 Å². The van der Waals surface area contributed by atoms with Gasteiger partial charge in [0.15, 0.2) is 0 Å². The second kappa shape index (κ2) is 6.82. The fourth-order valence-corrected chi connectivity index (χ4v) is 3.76. The van der Waals surface area contributed by atoms with Gasteiger partial charge in [0, 0.05) is 24.2 Å². The minimum atomic E-state index is -0.267. The molecule has 0 bridgehead atoms. The molecule has 2 aromatic heterocycles. The molecule has 3 heterocycles. The maximum Gasteiger partial charge on any atom is 0.216 e. The molecule has 0 radical (unpaired) electrons. The van der Waals surface area contributed by atoms with Crippen LogP contribution in [0.4, 0.5) is 0 Å². The van der Waals surface area contributed by atoms with Crippen LogP contribution in [-0.2, 0) is 0 Å². The average molecular weight is 361 g/mol. The lowest BCUT2D eigenvalue weighted by Crippen LogP contribution is -2.31. The summed E-state index contributed by atoms with van der Waals surface area (Å²) in [6.07, 6.45) is 3.77. The minimum absolute atomic E-state index is 0.127. The Labute approximate surface area is 155 Å². The van der Waals surface area contributed by atoms with Crippen molar-refractivity contribution in [2.45, 2.75) is 18.8 Å². The van der Waals surface area contributed by atoms with E-state index < -0.39 is 0 Å². The number of likely N-dealkylation sites (tertiary alicyclic amines) is 1. The van der Waals surface area contributed by atoms with E-state index in [1.54, 1.807) is 18.3 Å². The third kappa shape index (κ3) is 3.04. The molecular formula is C20H19N5O2. The Kier molecular flexibility index (Phi) is 4.34. The van der Waals surface area contributed by atoms with Gasteiger partial charge in [0.25, 0.3) is 0 Å². The number of aromatic nitrogens is 3. The summed E-state index contributed by atoms with van der Waals surface area (Å²) in [5.74, 6) is 0.105. The molecule has 1 atom stereocenters. The number of phenols is 1. The number of nitrogens with one attached hydrogen (secondary N) is 1. The normalized spacial score (nSPS) is 17.7. The Balaban J connectivity index is 1.84. The number of rotatable bonds is 2. The van der Waals surface area contributed by atoms with Gasteiger partial charge < -0.3 is 10.0 Å². The summed E-state index contributed by atoms with van der Waals surface area (Å²) >= 11 is 0. The fourth-order valence-electron chi connectivity index (χ4n) is 3.76. The highest BCUT2D eigenvalue weighted by atomic mass is 16.3. The summed E-state index contributed by atoms with van der Waals surface area (Å²) in [4.78, 5) is 19.8. The van der Waals surface area contributed by atoms with Gasteiger partial charge in [-0.25, -0.2) is 0 Å². The smallest absolute Gasteiger partial charge is 0.216 e. The van der Waals surface area contributed by atoms with E-state index in [9.17, 15) is 9.90 Å². The van der Waals surface area contributed by atoms with Crippen molar-refractivity contribution in [2.24, 2.45) is 0 Å². The minimum Gasteiger partial charge on any atom is -0.507 e. The predicted molar refractivity (Wildman–Crippen MR) is 101 cm³/mol. The maximum atomic E-state index is 13.0. The largest absolute Gasteiger partial charge is 0.507 e. The van der Waals surface area contributed by atoms with Crippen LogP contribution in [0.15, 0.2) is 35.3 Å². The van der Waals surface area contributed by atoms with Crippen LogP contribution in [0.1, 0.15) is 30.0 Å². The molecule has 1 saturated heterocycles. The number of fused-ring (bicyclic) bond motifs is 1. The van der Waals surface area contributed by atoms with Crippen LogP contribution < -0.4 is 5.43 Å². The first-order valence-electron chi connectivity index (χ1n) is 8.88. The van der Waals surface area contributed by atoms with Gasteiger partial charge in [0.2, 0.25) is 5.43 Å². The third-order valence-corrected chi connectivity index (χ3v) is 5.11. The summed E-state index contributed by atoms with van der Waals surface area (Å²) in [6.45, 7) is 1.96. The standard InChI is InChI=1S/C20H19N5O2/c1-25-8-2-3-13(11-25)17-18-15(6-7-22-17)20(27)19(24-23-18)14-5-4-12(10-21)9-16(14)26/h4-7,9,13,26H,2-3,8,11H2,1H3,(H,23,27)/t13-/m1/s1. The number of hydrogen-bond acceptors (Lipinski definition) is 6. The van der Waals surface area contributed by atoms with Crippen molar-refractivity contribution in [3.05, 3.63) is 51.9 Å². The lowest BCUT2D eigenvalue weighted by atomic mass is 9.93. The van der Waals surface area contributed by atoms with E-state index in [0.717, 1.165) is 31.6 Å². The molecule has 1 aliphatic heterocycles. The maximum absolute atomic E-state index is 13.0. The monoisotopic (exact) mass is 361 g/mol. The molecule has 3 aromatic rings. The van der Waals surface area contributed by atoms with Crippen molar-refractivity contribution in [2.75, 3.05) is 20.1 Å². The summed E-state index contributed by atoms with van der Waals surface area (Å²) < 4.78 is 0. The van der Waals surface area contributed by atoms with Crippen molar-refractivity contribution in [1.82, 2.24) is 20.1 Å². The van der Waals surface area contributed by atoms with Gasteiger partial charge >= 0.3 is 0 Å². The van der Waals surface area contributed by atoms with E-state index in [1.165, 1.54) is 12.1 Å². The number of nitriles is 1. The Morgan fingerprint density at radius 2 is 2.22 bits per heavy atom. The zero-order valence-electron chi connectivity index (χ0n) is 14.9. The molecule has 0 spiro atoms. The summed E-state index contributed by atoms with van der Waals surface area (Å²) in [7, 11) is 2.09. The van der Waals surface area contributed by atoms with Crippen LogP contribution in [0.3, 0.4) is 0 Å². The molecule has 136 valence electrons. The number of piperidine rings is 1. The molecule has 4 rings (SSSR count). The first kappa shape index (κ1) is 17.2. The van der Waals surface area contributed by atoms with Crippen LogP contribution in [0, 0.1) is 11.3 Å². The second-order valence-electron chi connectivity index (χ2n) is 6.97. The van der Waals surface area contributed by atoms with Crippen LogP contribution in [0.5, 0.6) is 5.75 Å². The number of benzene rings is 1. The second-order valence-corrected chi connectivity index (χ2v) is 6.97. The fraction of sp³-hybridized carbons (Fsp3) is 0.300. The third-order valence-electron chi connectivity index (χ3n) is 5.11. The van der Waals surface area contributed by atoms with E-state index >= 15 is 0 Å². The Hall–Kier alpha value is -3.24. The lowest BCUT2D eigenvalue weighted by Gasteiger charge is -2.29. The van der Waals surface area contributed by atoms with Crippen LogP contribution in [0.2, 0.25) is 0 Å². The number of H-pyrrole nitrogens is 1. The van der Waals surface area contributed by atoms with Gasteiger partial charge in [0.1, 0.15) is 11.4 Å². The quantitative estimate of drug-likeness (QED) is 0.726. The van der Waals surface area contributed by atoms with E-state index in [0.29, 0.717) is 22.0 Å². The number of aromatic amines is 1. The zero-order chi connectivity index (χ0) is 19.0. The van der Waals surface area contributed by atoms with Crippen LogP contribution in [0.25, 0.3) is 22.2 Å². The van der Waals surface area contributed by atoms with Crippen molar-refractivity contribution in [3.8, 4) is 23.1 Å². The van der Waals surface area contributed by atoms with E-state index in [1.807, 2.05) is 6.07 Å². The zero-order valence-corrected chi connectivity index (χ0v) is 14.9. The number of aromatic hydroxyl groups is 1.